The second-order valence-electron chi connectivity index (χ2n) is 10.4. The summed E-state index contributed by atoms with van der Waals surface area (Å²) < 4.78 is 4.90. The van der Waals surface area contributed by atoms with Gasteiger partial charge >= 0.3 is 11.9 Å². The van der Waals surface area contributed by atoms with Crippen LogP contribution in [0, 0.1) is 5.92 Å². The average Bonchev–Trinajstić information content (AvgIpc) is 2.87. The Hall–Kier alpha value is -1.58. The number of hydrogen-bond donors (Lipinski definition) is 1. The molecule has 4 nitrogen and oxygen atoms in total. The third-order valence-corrected chi connectivity index (χ3v) is 6.92. The Morgan fingerprint density at radius 2 is 1.11 bits per heavy atom. The molecule has 0 aliphatic carbocycles. The molecule has 1 unspecified atom stereocenters. The Morgan fingerprint density at radius 1 is 0.694 bits per heavy atom. The first-order chi connectivity index (χ1) is 17.6. The third kappa shape index (κ3) is 25.5. The number of aliphatic carboxylic acids is 1. The maximum Gasteiger partial charge on any atom is 0.307 e. The molecule has 1 atom stereocenters. The number of carboxylic acids is 1. The maximum atomic E-state index is 11.6. The lowest BCUT2D eigenvalue weighted by molar-refractivity contribution is -0.151. The number of carbonyl (C=O) groups excluding carboxylic acids is 1. The van der Waals surface area contributed by atoms with Crippen molar-refractivity contribution in [1.82, 2.24) is 0 Å². The van der Waals surface area contributed by atoms with Crippen molar-refractivity contribution in [2.45, 2.75) is 155 Å². The summed E-state index contributed by atoms with van der Waals surface area (Å²) in [6.07, 6.45) is 34.1. The highest BCUT2D eigenvalue weighted by atomic mass is 16.5. The lowest BCUT2D eigenvalue weighted by Crippen LogP contribution is -2.19. The van der Waals surface area contributed by atoms with E-state index in [1.165, 1.54) is 122 Å². The average molecular weight is 507 g/mol. The first kappa shape index (κ1) is 34.4. The molecule has 210 valence electrons. The summed E-state index contributed by atoms with van der Waals surface area (Å²) in [4.78, 5) is 22.9. The van der Waals surface area contributed by atoms with E-state index < -0.39 is 17.9 Å². The minimum atomic E-state index is -0.901. The van der Waals surface area contributed by atoms with Gasteiger partial charge in [-0.3, -0.25) is 9.59 Å². The van der Waals surface area contributed by atoms with E-state index in [1.54, 1.807) is 0 Å². The molecule has 0 bridgehead atoms. The van der Waals surface area contributed by atoms with Crippen LogP contribution in [0.1, 0.15) is 155 Å². The van der Waals surface area contributed by atoms with Crippen LogP contribution >= 0.6 is 0 Å². The maximum absolute atomic E-state index is 11.6. The monoisotopic (exact) mass is 506 g/mol. The zero-order valence-corrected chi connectivity index (χ0v) is 23.7. The molecule has 0 rings (SSSR count). The van der Waals surface area contributed by atoms with Gasteiger partial charge in [0.25, 0.3) is 0 Å². The predicted molar refractivity (Wildman–Crippen MR) is 153 cm³/mol. The van der Waals surface area contributed by atoms with Crippen LogP contribution < -0.4 is 0 Å². The third-order valence-electron chi connectivity index (χ3n) is 6.92. The van der Waals surface area contributed by atoms with E-state index >= 15 is 0 Å². The molecule has 0 aliphatic heterocycles. The Morgan fingerprint density at radius 3 is 1.53 bits per heavy atom. The molecule has 4 heteroatoms. The summed E-state index contributed by atoms with van der Waals surface area (Å²) in [5.41, 5.74) is 0. The van der Waals surface area contributed by atoms with E-state index in [2.05, 4.69) is 25.7 Å². The Kier molecular flexibility index (Phi) is 26.8. The molecule has 0 aliphatic rings. The van der Waals surface area contributed by atoms with Crippen LogP contribution in [0.5, 0.6) is 0 Å². The van der Waals surface area contributed by atoms with Crippen molar-refractivity contribution in [2.24, 2.45) is 5.92 Å². The molecule has 0 aromatic carbocycles. The van der Waals surface area contributed by atoms with Gasteiger partial charge < -0.3 is 9.84 Å². The van der Waals surface area contributed by atoms with Crippen molar-refractivity contribution < 1.29 is 19.4 Å². The zero-order chi connectivity index (χ0) is 26.5. The van der Waals surface area contributed by atoms with Crippen LogP contribution in [-0.4, -0.2) is 23.7 Å². The van der Waals surface area contributed by atoms with Gasteiger partial charge in [0.1, 0.15) is 6.61 Å². The molecule has 0 radical (unpaired) electrons. The normalized spacial score (nSPS) is 12.1. The van der Waals surface area contributed by atoms with Gasteiger partial charge in [-0.15, -0.1) is 0 Å². The van der Waals surface area contributed by atoms with Gasteiger partial charge in [0, 0.05) is 0 Å². The van der Waals surface area contributed by atoms with E-state index in [4.69, 9.17) is 4.74 Å². The second kappa shape index (κ2) is 28.0. The largest absolute Gasteiger partial charge is 0.481 e. The molecule has 36 heavy (non-hydrogen) atoms. The van der Waals surface area contributed by atoms with Gasteiger partial charge in [0.15, 0.2) is 0 Å². The predicted octanol–water partition coefficient (Wildman–Crippen LogP) is 9.96. The molecule has 0 aromatic rings. The number of carbonyl (C=O) groups is 2. The van der Waals surface area contributed by atoms with Crippen LogP contribution in [0.4, 0.5) is 0 Å². The van der Waals surface area contributed by atoms with Crippen LogP contribution in [0.3, 0.4) is 0 Å². The van der Waals surface area contributed by atoms with Crippen LogP contribution in [-0.2, 0) is 14.3 Å². The number of rotatable bonds is 28. The SMILES string of the molecule is C=CCOC(=O)CC(CCCCCCCCCCCCCCCCCCCC/C=C/CCC)C(=O)O. The molecule has 1 N–H and O–H groups in total. The van der Waals surface area contributed by atoms with E-state index in [1.807, 2.05) is 0 Å². The summed E-state index contributed by atoms with van der Waals surface area (Å²) in [6.45, 7) is 5.87. The molecule has 0 fully saturated rings. The van der Waals surface area contributed by atoms with Gasteiger partial charge in [-0.1, -0.05) is 147 Å². The Bertz CT molecular complexity index is 540. The number of allylic oxidation sites excluding steroid dienone is 2. The Labute approximate surface area is 223 Å². The first-order valence-corrected chi connectivity index (χ1v) is 15.3. The number of esters is 1. The molecule has 0 aromatic heterocycles. The smallest absolute Gasteiger partial charge is 0.307 e. The lowest BCUT2D eigenvalue weighted by atomic mass is 9.97. The van der Waals surface area contributed by atoms with Crippen molar-refractivity contribution in [3.05, 3.63) is 24.8 Å². The highest BCUT2D eigenvalue weighted by Crippen LogP contribution is 2.18. The minimum absolute atomic E-state index is 0.0410. The summed E-state index contributed by atoms with van der Waals surface area (Å²) in [7, 11) is 0. The number of carboxylic acid groups (broad SMARTS) is 1. The lowest BCUT2D eigenvalue weighted by Gasteiger charge is -2.11. The van der Waals surface area contributed by atoms with E-state index in [0.717, 1.165) is 19.3 Å². The number of unbranched alkanes of at least 4 members (excludes halogenated alkanes) is 19. The zero-order valence-electron chi connectivity index (χ0n) is 23.7. The van der Waals surface area contributed by atoms with E-state index in [-0.39, 0.29) is 13.0 Å². The second-order valence-corrected chi connectivity index (χ2v) is 10.4. The van der Waals surface area contributed by atoms with Crippen molar-refractivity contribution in [3.8, 4) is 0 Å². The Balaban J connectivity index is 3.33. The van der Waals surface area contributed by atoms with E-state index in [0.29, 0.717) is 6.42 Å². The highest BCUT2D eigenvalue weighted by molar-refractivity contribution is 5.78. The molecule has 0 saturated heterocycles. The fourth-order valence-corrected chi connectivity index (χ4v) is 4.61. The van der Waals surface area contributed by atoms with E-state index in [9.17, 15) is 14.7 Å². The van der Waals surface area contributed by atoms with Gasteiger partial charge in [-0.25, -0.2) is 0 Å². The van der Waals surface area contributed by atoms with Crippen molar-refractivity contribution >= 4 is 11.9 Å². The van der Waals surface area contributed by atoms with Gasteiger partial charge in [-0.05, 0) is 25.7 Å². The van der Waals surface area contributed by atoms with Crippen LogP contribution in [0.15, 0.2) is 24.8 Å². The molecular weight excluding hydrogens is 448 g/mol. The fourth-order valence-electron chi connectivity index (χ4n) is 4.61. The number of ether oxygens (including phenoxy) is 1. The van der Waals surface area contributed by atoms with Crippen LogP contribution in [0.25, 0.3) is 0 Å². The van der Waals surface area contributed by atoms with Crippen molar-refractivity contribution in [1.29, 1.82) is 0 Å². The topological polar surface area (TPSA) is 63.6 Å². The minimum Gasteiger partial charge on any atom is -0.481 e. The van der Waals surface area contributed by atoms with Crippen molar-refractivity contribution in [2.75, 3.05) is 6.61 Å². The molecule has 0 spiro atoms. The standard InChI is InChI=1S/C32H58O4/c1-3-5-6-7-8-9-10-11-12-13-14-15-16-17-18-19-20-21-22-23-24-25-26-27-30(32(34)35)29-31(33)36-28-4-2/h4,6-7,30H,2-3,5,8-29H2,1H3,(H,34,35)/b7-6+. The summed E-state index contributed by atoms with van der Waals surface area (Å²) in [5.74, 6) is -1.98. The van der Waals surface area contributed by atoms with Gasteiger partial charge in [0.2, 0.25) is 0 Å². The molecule has 0 heterocycles. The fraction of sp³-hybridized carbons (Fsp3) is 0.812. The van der Waals surface area contributed by atoms with Gasteiger partial charge in [0.05, 0.1) is 12.3 Å². The molecule has 0 amide bonds. The van der Waals surface area contributed by atoms with Crippen LogP contribution in [0.2, 0.25) is 0 Å². The first-order valence-electron chi connectivity index (χ1n) is 15.3. The summed E-state index contributed by atoms with van der Waals surface area (Å²) in [5, 5.41) is 9.30. The quantitative estimate of drug-likeness (QED) is 0.0651. The molecule has 0 saturated carbocycles. The summed E-state index contributed by atoms with van der Waals surface area (Å²) in [6, 6.07) is 0. The summed E-state index contributed by atoms with van der Waals surface area (Å²) >= 11 is 0. The van der Waals surface area contributed by atoms with Crippen molar-refractivity contribution in [3.63, 3.8) is 0 Å². The number of hydrogen-bond acceptors (Lipinski definition) is 3. The highest BCUT2D eigenvalue weighted by Gasteiger charge is 2.21. The molecular formula is C32H58O4. The van der Waals surface area contributed by atoms with Gasteiger partial charge in [-0.2, -0.15) is 0 Å².